The zero-order valence-corrected chi connectivity index (χ0v) is 20.4. The molecule has 0 radical (unpaired) electrons. The molecule has 1 aliphatic heterocycles. The second-order valence-electron chi connectivity index (χ2n) is 8.35. The standard InChI is InChI=1S/C23H29BrN4O2S/c1-14-3-10-22(31-20-11-15(24)4-9-19(14)20)27-21-12-17(13-30-2)26-23(28-21)25-16-5-7-18(29)8-6-16/h4,9,11-12,14,16,18,29H,3,5-8,10,13H2,1-2H3,(H,25,26,28). The zero-order valence-electron chi connectivity index (χ0n) is 18.0. The van der Waals surface area contributed by atoms with Crippen molar-refractivity contribution in [3.8, 4) is 0 Å². The highest BCUT2D eigenvalue weighted by atomic mass is 79.9. The van der Waals surface area contributed by atoms with Crippen LogP contribution in [0.2, 0.25) is 0 Å². The fourth-order valence-corrected chi connectivity index (χ4v) is 5.81. The third kappa shape index (κ3) is 6.06. The lowest BCUT2D eigenvalue weighted by molar-refractivity contribution is 0.126. The summed E-state index contributed by atoms with van der Waals surface area (Å²) in [4.78, 5) is 15.5. The minimum atomic E-state index is -0.182. The number of nitrogens with one attached hydrogen (secondary N) is 1. The molecule has 2 heterocycles. The number of aromatic nitrogens is 2. The topological polar surface area (TPSA) is 79.6 Å². The number of thioether (sulfide) groups is 1. The van der Waals surface area contributed by atoms with Crippen LogP contribution in [0.1, 0.15) is 62.6 Å². The van der Waals surface area contributed by atoms with E-state index in [0.29, 0.717) is 24.3 Å². The quantitative estimate of drug-likeness (QED) is 0.533. The molecule has 0 amide bonds. The summed E-state index contributed by atoms with van der Waals surface area (Å²) in [5.74, 6) is 1.75. The smallest absolute Gasteiger partial charge is 0.225 e. The van der Waals surface area contributed by atoms with Gasteiger partial charge in [0.15, 0.2) is 5.82 Å². The van der Waals surface area contributed by atoms with Gasteiger partial charge in [-0.25, -0.2) is 9.98 Å². The van der Waals surface area contributed by atoms with E-state index in [1.807, 2.05) is 6.07 Å². The van der Waals surface area contributed by atoms with E-state index in [9.17, 15) is 5.11 Å². The Balaban J connectivity index is 1.59. The monoisotopic (exact) mass is 504 g/mol. The van der Waals surface area contributed by atoms with Crippen molar-refractivity contribution >= 4 is 44.5 Å². The molecule has 1 saturated carbocycles. The number of hydrogen-bond donors (Lipinski definition) is 2. The van der Waals surface area contributed by atoms with Crippen molar-refractivity contribution in [2.24, 2.45) is 4.99 Å². The Morgan fingerprint density at radius 3 is 2.77 bits per heavy atom. The first-order chi connectivity index (χ1) is 15.0. The van der Waals surface area contributed by atoms with Gasteiger partial charge in [0.25, 0.3) is 0 Å². The number of aliphatic imine (C=N–C) groups is 1. The molecule has 2 aliphatic rings. The molecule has 0 spiro atoms. The van der Waals surface area contributed by atoms with Gasteiger partial charge in [-0.15, -0.1) is 0 Å². The molecule has 1 fully saturated rings. The maximum atomic E-state index is 9.76. The van der Waals surface area contributed by atoms with Gasteiger partial charge in [0.05, 0.1) is 23.4 Å². The van der Waals surface area contributed by atoms with E-state index in [4.69, 9.17) is 14.7 Å². The number of benzene rings is 1. The van der Waals surface area contributed by atoms with Crippen molar-refractivity contribution < 1.29 is 9.84 Å². The summed E-state index contributed by atoms with van der Waals surface area (Å²) < 4.78 is 6.40. The number of aliphatic hydroxyl groups excluding tert-OH is 1. The van der Waals surface area contributed by atoms with Crippen LogP contribution >= 0.6 is 27.7 Å². The van der Waals surface area contributed by atoms with Gasteiger partial charge in [0.2, 0.25) is 5.95 Å². The van der Waals surface area contributed by atoms with Crippen LogP contribution in [-0.2, 0) is 11.3 Å². The molecule has 0 saturated heterocycles. The van der Waals surface area contributed by atoms with Crippen molar-refractivity contribution in [1.29, 1.82) is 0 Å². The number of rotatable bonds is 5. The average molecular weight is 505 g/mol. The highest BCUT2D eigenvalue weighted by Gasteiger charge is 2.21. The van der Waals surface area contributed by atoms with Crippen LogP contribution in [0.4, 0.5) is 11.8 Å². The van der Waals surface area contributed by atoms with E-state index in [-0.39, 0.29) is 12.1 Å². The molecule has 1 aliphatic carbocycles. The van der Waals surface area contributed by atoms with Crippen LogP contribution in [0.25, 0.3) is 0 Å². The lowest BCUT2D eigenvalue weighted by atomic mass is 9.93. The molecule has 166 valence electrons. The number of fused-ring (bicyclic) bond motifs is 1. The minimum Gasteiger partial charge on any atom is -0.393 e. The molecule has 6 nitrogen and oxygen atoms in total. The molecule has 1 aromatic heterocycles. The predicted molar refractivity (Wildman–Crippen MR) is 129 cm³/mol. The van der Waals surface area contributed by atoms with Crippen molar-refractivity contribution in [2.75, 3.05) is 12.4 Å². The van der Waals surface area contributed by atoms with E-state index in [0.717, 1.165) is 53.7 Å². The average Bonchev–Trinajstić information content (AvgIpc) is 2.88. The normalized spacial score (nSPS) is 25.2. The molecule has 1 atom stereocenters. The molecule has 2 aromatic rings. The first-order valence-electron chi connectivity index (χ1n) is 10.9. The maximum absolute atomic E-state index is 9.76. The van der Waals surface area contributed by atoms with Gasteiger partial charge in [0.1, 0.15) is 0 Å². The van der Waals surface area contributed by atoms with E-state index in [1.54, 1.807) is 18.9 Å². The first kappa shape index (κ1) is 22.7. The molecular formula is C23H29BrN4O2S. The molecule has 2 N–H and O–H groups in total. The zero-order chi connectivity index (χ0) is 21.8. The lowest BCUT2D eigenvalue weighted by Crippen LogP contribution is -2.29. The Morgan fingerprint density at radius 2 is 2.00 bits per heavy atom. The van der Waals surface area contributed by atoms with Gasteiger partial charge >= 0.3 is 0 Å². The number of halogens is 1. The third-order valence-corrected chi connectivity index (χ3v) is 7.45. The van der Waals surface area contributed by atoms with Crippen LogP contribution in [0.3, 0.4) is 0 Å². The van der Waals surface area contributed by atoms with Gasteiger partial charge in [-0.2, -0.15) is 4.98 Å². The maximum Gasteiger partial charge on any atom is 0.225 e. The van der Waals surface area contributed by atoms with Crippen LogP contribution in [0.5, 0.6) is 0 Å². The van der Waals surface area contributed by atoms with Gasteiger partial charge in [0, 0.05) is 28.6 Å². The second kappa shape index (κ2) is 10.4. The summed E-state index contributed by atoms with van der Waals surface area (Å²) in [5.41, 5.74) is 2.19. The van der Waals surface area contributed by atoms with Crippen molar-refractivity contribution in [2.45, 2.75) is 75.0 Å². The van der Waals surface area contributed by atoms with E-state index in [1.165, 1.54) is 10.5 Å². The molecular weight excluding hydrogens is 476 g/mol. The van der Waals surface area contributed by atoms with Crippen LogP contribution in [0.15, 0.2) is 38.6 Å². The minimum absolute atomic E-state index is 0.182. The SMILES string of the molecule is COCc1cc(N=C2CCC(C)c3ccc(Br)cc3S2)nc(NC2CCC(O)CC2)n1. The number of ether oxygens (including phenoxy) is 1. The van der Waals surface area contributed by atoms with Crippen molar-refractivity contribution in [3.63, 3.8) is 0 Å². The van der Waals surface area contributed by atoms with E-state index in [2.05, 4.69) is 51.4 Å². The third-order valence-electron chi connectivity index (χ3n) is 5.85. The second-order valence-corrected chi connectivity index (χ2v) is 10.4. The van der Waals surface area contributed by atoms with Crippen LogP contribution in [-0.4, -0.2) is 39.4 Å². The number of anilines is 1. The summed E-state index contributed by atoms with van der Waals surface area (Å²) in [7, 11) is 1.67. The Kier molecular flexibility index (Phi) is 7.63. The predicted octanol–water partition coefficient (Wildman–Crippen LogP) is 5.82. The Bertz CT molecular complexity index is 947. The largest absolute Gasteiger partial charge is 0.393 e. The van der Waals surface area contributed by atoms with E-state index >= 15 is 0 Å². The molecule has 4 rings (SSSR count). The summed E-state index contributed by atoms with van der Waals surface area (Å²) in [6, 6.07) is 8.69. The molecule has 1 unspecified atom stereocenters. The van der Waals surface area contributed by atoms with Gasteiger partial charge in [-0.05, 0) is 62.1 Å². The van der Waals surface area contributed by atoms with Crippen molar-refractivity contribution in [3.05, 3.63) is 40.0 Å². The Hall–Kier alpha value is -1.48. The van der Waals surface area contributed by atoms with Crippen LogP contribution < -0.4 is 5.32 Å². The molecule has 1 aromatic carbocycles. The van der Waals surface area contributed by atoms with Crippen LogP contribution in [0, 0.1) is 0 Å². The summed E-state index contributed by atoms with van der Waals surface area (Å²) in [6.07, 6.45) is 5.27. The molecule has 0 bridgehead atoms. The van der Waals surface area contributed by atoms with Gasteiger partial charge in [-0.3, -0.25) is 0 Å². The number of hydrogen-bond acceptors (Lipinski definition) is 7. The highest BCUT2D eigenvalue weighted by molar-refractivity contribution is 9.10. The Morgan fingerprint density at radius 1 is 1.19 bits per heavy atom. The summed E-state index contributed by atoms with van der Waals surface area (Å²) in [6.45, 7) is 2.69. The molecule has 31 heavy (non-hydrogen) atoms. The van der Waals surface area contributed by atoms with Gasteiger partial charge in [-0.1, -0.05) is 40.7 Å². The number of methoxy groups -OCH3 is 1. The fraction of sp³-hybridized carbons (Fsp3) is 0.522. The molecule has 8 heteroatoms. The first-order valence-corrected chi connectivity index (χ1v) is 12.5. The van der Waals surface area contributed by atoms with Gasteiger partial charge < -0.3 is 15.2 Å². The fourth-order valence-electron chi connectivity index (χ4n) is 4.11. The summed E-state index contributed by atoms with van der Waals surface area (Å²) in [5, 5.41) is 14.3. The van der Waals surface area contributed by atoms with Crippen molar-refractivity contribution in [1.82, 2.24) is 9.97 Å². The number of aliphatic hydroxyl groups is 1. The summed E-state index contributed by atoms with van der Waals surface area (Å²) >= 11 is 5.33. The highest BCUT2D eigenvalue weighted by Crippen LogP contribution is 2.39. The van der Waals surface area contributed by atoms with E-state index < -0.39 is 0 Å². The number of nitrogens with zero attached hydrogens (tertiary/aromatic N) is 3. The Labute approximate surface area is 196 Å². The lowest BCUT2D eigenvalue weighted by Gasteiger charge is -2.26.